The fourth-order valence-electron chi connectivity index (χ4n) is 18.4. The molecule has 6 saturated heterocycles. The normalized spacial score (nSPS) is 46.3. The molecule has 0 amide bonds. The lowest BCUT2D eigenvalue weighted by Gasteiger charge is -2.53. The molecule has 0 aromatic carbocycles. The van der Waals surface area contributed by atoms with E-state index < -0.39 is 199 Å². The van der Waals surface area contributed by atoms with E-state index in [0.29, 0.717) is 39.0 Å². The Balaban J connectivity index is 0.000000572. The first kappa shape index (κ1) is 107. The molecular formula is C82H161N6O28P. The Morgan fingerprint density at radius 3 is 1.12 bits per heavy atom. The quantitative estimate of drug-likeness (QED) is 0.0228. The van der Waals surface area contributed by atoms with Gasteiger partial charge in [0.05, 0.1) is 71.9 Å². The highest BCUT2D eigenvalue weighted by molar-refractivity contribution is 7.30. The number of nitrogens with zero attached hydrogens (tertiary/aromatic N) is 2. The van der Waals surface area contributed by atoms with Gasteiger partial charge in [-0.15, -0.1) is 0 Å². The van der Waals surface area contributed by atoms with Gasteiger partial charge in [-0.05, 0) is 219 Å². The van der Waals surface area contributed by atoms with Crippen molar-refractivity contribution in [3.63, 3.8) is 0 Å². The number of likely N-dealkylation sites (N-methyl/N-ethyl adjacent to an activating group) is 2. The van der Waals surface area contributed by atoms with Crippen molar-refractivity contribution < 1.29 is 138 Å². The zero-order valence-corrected chi connectivity index (χ0v) is 76.6. The second-order valence-corrected chi connectivity index (χ2v) is 37.3. The number of carbonyl (C=O) groups excluding carboxylic acids is 2. The minimum atomic E-state index is -3.04. The van der Waals surface area contributed by atoms with E-state index in [1.807, 2.05) is 107 Å². The molecule has 6 heterocycles. The molecule has 0 aromatic heterocycles. The number of rotatable bonds is 23. The Morgan fingerprint density at radius 2 is 0.846 bits per heavy atom. The number of ether oxygens (including phenoxy) is 12. The van der Waals surface area contributed by atoms with E-state index in [0.717, 1.165) is 12.8 Å². The van der Waals surface area contributed by atoms with Crippen molar-refractivity contribution in [1.29, 1.82) is 0 Å². The highest BCUT2D eigenvalue weighted by atomic mass is 31.1. The van der Waals surface area contributed by atoms with Crippen LogP contribution in [0.4, 0.5) is 0 Å². The van der Waals surface area contributed by atoms with Gasteiger partial charge in [-0.3, -0.25) is 9.59 Å². The predicted octanol–water partition coefficient (Wildman–Crippen LogP) is 3.60. The van der Waals surface area contributed by atoms with E-state index in [1.54, 1.807) is 69.2 Å². The van der Waals surface area contributed by atoms with Gasteiger partial charge in [0.15, 0.2) is 25.2 Å². The first-order valence-corrected chi connectivity index (χ1v) is 43.7. The van der Waals surface area contributed by atoms with Gasteiger partial charge in [-0.2, -0.15) is 0 Å². The van der Waals surface area contributed by atoms with Crippen LogP contribution < -0.4 is 26.2 Å². The first-order chi connectivity index (χ1) is 54.1. The molecule has 6 fully saturated rings. The predicted molar refractivity (Wildman–Crippen MR) is 437 cm³/mol. The van der Waals surface area contributed by atoms with Crippen molar-refractivity contribution in [1.82, 2.24) is 31.1 Å². The van der Waals surface area contributed by atoms with Crippen LogP contribution in [0.5, 0.6) is 0 Å². The Bertz CT molecular complexity index is 2790. The minimum Gasteiger partial charge on any atom is -0.565 e. The number of aliphatic hydroxyl groups excluding tert-OH is 4. The largest absolute Gasteiger partial charge is 0.565 e. The highest BCUT2D eigenvalue weighted by Gasteiger charge is 2.61. The topological polar surface area (TPSA) is 471 Å². The summed E-state index contributed by atoms with van der Waals surface area (Å²) in [5, 5.41) is 139. The third-order valence-electron chi connectivity index (χ3n) is 26.1. The van der Waals surface area contributed by atoms with Gasteiger partial charge in [-0.25, -0.2) is 5.26 Å². The lowest BCUT2D eigenvalue weighted by atomic mass is 9.75. The fraction of sp³-hybridized carbons (Fsp3) is 0.976. The SMILES string of the molecule is CCCNC[C@]1(O)C(C)O[C@@H](OC2C(C)C(=O)OC(CC)[C@@](C)(O)[C@H](O)[C@@H](C)NC[C@H](C)C[C@](C)(O)[C@H](OC3OC(C)CC(N(C)C)[C@H]3O)C2C)C[C@@]1(C)OC.CCCNC[C@]1(O)C(C)O[C@@H](OC2C(C)C(=O)OC(CC)[C@@](C)(O)[C@H](O)[C@@H](C)NC[C@H](C)C[C@](C)(O)[C@H](OC3OC(C)CC(N(C)C)[C@H]3O)C2C)C[C@@]1(C)OC.O=[P+]([O-])OO.[HH]. The van der Waals surface area contributed by atoms with Crippen LogP contribution >= 0.6 is 8.25 Å². The summed E-state index contributed by atoms with van der Waals surface area (Å²) >= 11 is 0. The van der Waals surface area contributed by atoms with Crippen LogP contribution in [0.2, 0.25) is 0 Å². The molecule has 117 heavy (non-hydrogen) atoms. The summed E-state index contributed by atoms with van der Waals surface area (Å²) in [5.74, 6) is -5.33. The van der Waals surface area contributed by atoms with E-state index in [1.165, 1.54) is 28.1 Å². The van der Waals surface area contributed by atoms with Gasteiger partial charge >= 0.3 is 20.2 Å². The summed E-state index contributed by atoms with van der Waals surface area (Å²) in [6.45, 7) is 41.8. The van der Waals surface area contributed by atoms with Crippen molar-refractivity contribution in [3.8, 4) is 0 Å². The van der Waals surface area contributed by atoms with E-state index in [9.17, 15) is 60.7 Å². The molecule has 6 aliphatic heterocycles. The molecular weight excluding hydrogens is 1550 g/mol. The monoisotopic (exact) mass is 1710 g/mol. The van der Waals surface area contributed by atoms with Crippen molar-refractivity contribution in [3.05, 3.63) is 0 Å². The molecule has 692 valence electrons. The number of hydrogen-bond donors (Lipinski definition) is 15. The summed E-state index contributed by atoms with van der Waals surface area (Å²) in [7, 11) is 7.57. The maximum absolute atomic E-state index is 14.3. The summed E-state index contributed by atoms with van der Waals surface area (Å²) in [5.41, 5.74) is -11.9. The van der Waals surface area contributed by atoms with Crippen LogP contribution in [-0.4, -0.2) is 339 Å². The number of nitrogens with one attached hydrogen (secondary N) is 4. The maximum Gasteiger partial charge on any atom is 0.521 e. The number of hydrogen-bond acceptors (Lipinski definition) is 34. The number of cyclic esters (lactones) is 2. The van der Waals surface area contributed by atoms with Crippen LogP contribution in [-0.2, 0) is 75.7 Å². The van der Waals surface area contributed by atoms with Gasteiger partial charge in [0, 0.05) is 82.3 Å². The average molecular weight is 1710 g/mol. The fourth-order valence-corrected chi connectivity index (χ4v) is 18.4. The Morgan fingerprint density at radius 1 is 0.530 bits per heavy atom. The standard InChI is InChI=1S/2C41H79N3O12.HO4P.H2/c2*1-15-17-42-22-41(50)28(8)53-31(20-39(41,10)51-14)55-33-25(5)35(56-37-32(45)29(44(12)13)18-24(4)52-37)38(9,48)19-23(3)21-43-27(7)34(46)40(11,49)30(16-2)54-36(47)26(33)6;1-4-5(2)3;/h2*23-35,37,42-43,45-46,48-50H,15-22H2,1-14H3;1H;1H/t2*23-,24?,25?,26?,27-,28?,29?,30?,31+,32-,33?,34-,35-,37?,38+,39-,40-,41+;;/m11../s1. The van der Waals surface area contributed by atoms with Gasteiger partial charge in [0.25, 0.3) is 0 Å². The van der Waals surface area contributed by atoms with Gasteiger partial charge in [-0.1, -0.05) is 55.4 Å². The molecule has 0 saturated carbocycles. The van der Waals surface area contributed by atoms with E-state index in [2.05, 4.69) is 25.9 Å². The molecule has 0 spiro atoms. The van der Waals surface area contributed by atoms with Crippen molar-refractivity contribution in [2.24, 2.45) is 35.5 Å². The van der Waals surface area contributed by atoms with Gasteiger partial charge in [0.2, 0.25) is 0 Å². The Kier molecular flexibility index (Phi) is 42.0. The van der Waals surface area contributed by atoms with Crippen molar-refractivity contribution in [2.75, 3.05) is 81.7 Å². The van der Waals surface area contributed by atoms with Crippen LogP contribution in [0.1, 0.15) is 218 Å². The number of methoxy groups -OCH3 is 2. The molecule has 0 radical (unpaired) electrons. The van der Waals surface area contributed by atoms with Gasteiger partial charge in [0.1, 0.15) is 70.2 Å². The van der Waals surface area contributed by atoms with E-state index in [4.69, 9.17) is 71.6 Å². The van der Waals surface area contributed by atoms with Crippen molar-refractivity contribution >= 4 is 20.2 Å². The lowest BCUT2D eigenvalue weighted by molar-refractivity contribution is -0.336. The number of carbonyl (C=O) groups is 2. The maximum atomic E-state index is 14.3. The van der Waals surface area contributed by atoms with Gasteiger partial charge < -0.3 is 144 Å². The summed E-state index contributed by atoms with van der Waals surface area (Å²) < 4.78 is 88.2. The Labute approximate surface area is 700 Å². The molecule has 34 nitrogen and oxygen atoms in total. The molecule has 6 aliphatic rings. The van der Waals surface area contributed by atoms with E-state index >= 15 is 0 Å². The third kappa shape index (κ3) is 27.0. The second kappa shape index (κ2) is 45.9. The second-order valence-electron chi connectivity index (χ2n) is 36.7. The molecule has 0 aromatic rings. The zero-order chi connectivity index (χ0) is 89.4. The molecule has 35 heteroatoms. The highest BCUT2D eigenvalue weighted by Crippen LogP contribution is 2.47. The molecule has 0 bridgehead atoms. The summed E-state index contributed by atoms with van der Waals surface area (Å²) in [6.07, 6.45) is -13.4. The molecule has 15 N–H and O–H groups in total. The number of esters is 2. The molecule has 37 atom stereocenters. The Hall–Kier alpha value is -2.12. The molecule has 0 aliphatic carbocycles. The molecule has 6 rings (SSSR count). The zero-order valence-electron chi connectivity index (χ0n) is 75.7. The first-order valence-electron chi connectivity index (χ1n) is 42.6. The third-order valence-corrected chi connectivity index (χ3v) is 26.2. The smallest absolute Gasteiger partial charge is 0.521 e. The average Bonchev–Trinajstić information content (AvgIpc) is 0.755. The van der Waals surface area contributed by atoms with Crippen LogP contribution in [0.15, 0.2) is 0 Å². The number of aliphatic hydroxyl groups is 10. The lowest BCUT2D eigenvalue weighted by Crippen LogP contribution is -2.70. The van der Waals surface area contributed by atoms with Crippen molar-refractivity contribution in [2.45, 2.75) is 396 Å². The van der Waals surface area contributed by atoms with Crippen LogP contribution in [0.25, 0.3) is 0 Å². The van der Waals surface area contributed by atoms with E-state index in [-0.39, 0.29) is 89.2 Å². The molecule has 17 unspecified atom stereocenters. The minimum absolute atomic E-state index is 0. The summed E-state index contributed by atoms with van der Waals surface area (Å²) in [6, 6.07) is -1.75. The summed E-state index contributed by atoms with van der Waals surface area (Å²) in [4.78, 5) is 41.4. The van der Waals surface area contributed by atoms with Crippen LogP contribution in [0.3, 0.4) is 0 Å². The van der Waals surface area contributed by atoms with Crippen LogP contribution in [0, 0.1) is 35.5 Å².